The molecule has 0 aliphatic heterocycles. The molecule has 0 spiro atoms. The molecule has 94 valence electrons. The van der Waals surface area contributed by atoms with Crippen molar-refractivity contribution in [3.8, 4) is 5.75 Å². The van der Waals surface area contributed by atoms with E-state index in [-0.39, 0.29) is 11.7 Å². The van der Waals surface area contributed by atoms with Crippen molar-refractivity contribution in [2.75, 3.05) is 14.1 Å². The first kappa shape index (κ1) is 12.2. The number of carbonyl (C=O) groups excluding carboxylic acids is 1. The number of para-hydroxylation sites is 1. The van der Waals surface area contributed by atoms with Crippen LogP contribution in [-0.4, -0.2) is 40.0 Å². The van der Waals surface area contributed by atoms with Crippen molar-refractivity contribution >= 4 is 5.91 Å². The van der Waals surface area contributed by atoms with E-state index in [1.54, 1.807) is 44.8 Å². The normalized spacial score (nSPS) is 10.3. The van der Waals surface area contributed by atoms with Gasteiger partial charge in [0.25, 0.3) is 5.91 Å². The summed E-state index contributed by atoms with van der Waals surface area (Å²) < 4.78 is 0. The van der Waals surface area contributed by atoms with E-state index in [1.807, 2.05) is 0 Å². The van der Waals surface area contributed by atoms with Gasteiger partial charge < -0.3 is 15.0 Å². The first-order valence-corrected chi connectivity index (χ1v) is 5.59. The van der Waals surface area contributed by atoms with E-state index in [0.29, 0.717) is 17.5 Å². The monoisotopic (exact) mass is 245 g/mol. The minimum Gasteiger partial charge on any atom is -0.507 e. The summed E-state index contributed by atoms with van der Waals surface area (Å²) in [7, 11) is 3.31. The molecule has 0 saturated heterocycles. The molecule has 0 saturated carbocycles. The maximum atomic E-state index is 11.9. The molecule has 0 atom stereocenters. The number of nitrogens with one attached hydrogen (secondary N) is 1. The van der Waals surface area contributed by atoms with Gasteiger partial charge >= 0.3 is 0 Å². The zero-order valence-corrected chi connectivity index (χ0v) is 10.3. The Labute approximate surface area is 105 Å². The predicted octanol–water partition coefficient (Wildman–Crippen LogP) is 1.41. The molecular weight excluding hydrogens is 230 g/mol. The molecule has 0 aliphatic carbocycles. The quantitative estimate of drug-likeness (QED) is 0.859. The van der Waals surface area contributed by atoms with E-state index >= 15 is 0 Å². The Balaban J connectivity index is 2.33. The number of aromatic nitrogens is 2. The second kappa shape index (κ2) is 4.91. The molecular formula is C13H15N3O2. The van der Waals surface area contributed by atoms with Crippen LogP contribution in [0.1, 0.15) is 21.6 Å². The Morgan fingerprint density at radius 3 is 2.83 bits per heavy atom. The van der Waals surface area contributed by atoms with Gasteiger partial charge in [-0.05, 0) is 6.07 Å². The number of rotatable bonds is 3. The number of hydrogen-bond donors (Lipinski definition) is 2. The molecule has 1 aromatic heterocycles. The zero-order chi connectivity index (χ0) is 13.1. The van der Waals surface area contributed by atoms with Crippen molar-refractivity contribution in [1.82, 2.24) is 14.9 Å². The maximum Gasteiger partial charge on any atom is 0.257 e. The van der Waals surface area contributed by atoms with Crippen molar-refractivity contribution in [2.24, 2.45) is 0 Å². The molecule has 0 bridgehead atoms. The summed E-state index contributed by atoms with van der Waals surface area (Å²) in [5.74, 6) is -0.185. The van der Waals surface area contributed by atoms with Crippen molar-refractivity contribution in [3.05, 3.63) is 47.5 Å². The lowest BCUT2D eigenvalue weighted by Crippen LogP contribution is -2.21. The molecule has 5 nitrogen and oxygen atoms in total. The SMILES string of the molecule is CN(C)C(=O)c1cccc(Cc2c[nH]cn2)c1O. The summed E-state index contributed by atoms with van der Waals surface area (Å²) in [6, 6.07) is 5.17. The van der Waals surface area contributed by atoms with Gasteiger partial charge in [0.2, 0.25) is 0 Å². The van der Waals surface area contributed by atoms with Gasteiger partial charge in [0, 0.05) is 32.3 Å². The highest BCUT2D eigenvalue weighted by Gasteiger charge is 2.16. The molecule has 2 rings (SSSR count). The summed E-state index contributed by atoms with van der Waals surface area (Å²) >= 11 is 0. The number of aromatic amines is 1. The maximum absolute atomic E-state index is 11.9. The largest absolute Gasteiger partial charge is 0.507 e. The number of imidazole rings is 1. The smallest absolute Gasteiger partial charge is 0.257 e. The van der Waals surface area contributed by atoms with Crippen LogP contribution in [-0.2, 0) is 6.42 Å². The summed E-state index contributed by atoms with van der Waals surface area (Å²) in [4.78, 5) is 20.3. The lowest BCUT2D eigenvalue weighted by molar-refractivity contribution is 0.0824. The zero-order valence-electron chi connectivity index (χ0n) is 10.3. The molecule has 18 heavy (non-hydrogen) atoms. The van der Waals surface area contributed by atoms with Gasteiger partial charge in [-0.25, -0.2) is 4.98 Å². The first-order chi connectivity index (χ1) is 8.59. The van der Waals surface area contributed by atoms with Gasteiger partial charge in [-0.15, -0.1) is 0 Å². The molecule has 5 heteroatoms. The van der Waals surface area contributed by atoms with Crippen LogP contribution in [0, 0.1) is 0 Å². The number of carbonyl (C=O) groups is 1. The van der Waals surface area contributed by atoms with E-state index in [2.05, 4.69) is 9.97 Å². The highest BCUT2D eigenvalue weighted by molar-refractivity contribution is 5.96. The van der Waals surface area contributed by atoms with Crippen LogP contribution >= 0.6 is 0 Å². The average Bonchev–Trinajstić information content (AvgIpc) is 2.84. The van der Waals surface area contributed by atoms with E-state index in [1.165, 1.54) is 4.90 Å². The molecule has 0 aliphatic rings. The third kappa shape index (κ3) is 2.34. The van der Waals surface area contributed by atoms with Crippen molar-refractivity contribution in [2.45, 2.75) is 6.42 Å². The van der Waals surface area contributed by atoms with Crippen LogP contribution in [0.4, 0.5) is 0 Å². The molecule has 0 unspecified atom stereocenters. The summed E-state index contributed by atoms with van der Waals surface area (Å²) in [6.45, 7) is 0. The Morgan fingerprint density at radius 1 is 1.44 bits per heavy atom. The van der Waals surface area contributed by atoms with Crippen LogP contribution in [0.25, 0.3) is 0 Å². The summed E-state index contributed by atoms with van der Waals surface area (Å²) in [6.07, 6.45) is 3.84. The lowest BCUT2D eigenvalue weighted by atomic mass is 10.0. The van der Waals surface area contributed by atoms with Crippen LogP contribution in [0.5, 0.6) is 5.75 Å². The minimum absolute atomic E-state index is 0.0270. The molecule has 1 amide bonds. The second-order valence-electron chi connectivity index (χ2n) is 4.25. The Hall–Kier alpha value is -2.30. The number of H-pyrrole nitrogens is 1. The third-order valence-electron chi connectivity index (χ3n) is 2.68. The standard InChI is InChI=1S/C13H15N3O2/c1-16(2)13(18)11-5-3-4-9(12(11)17)6-10-7-14-8-15-10/h3-5,7-8,17H,6H2,1-2H3,(H,14,15). The molecule has 0 radical (unpaired) electrons. The number of phenols is 1. The Kier molecular flexibility index (Phi) is 3.32. The van der Waals surface area contributed by atoms with Gasteiger partial charge in [0.15, 0.2) is 0 Å². The van der Waals surface area contributed by atoms with Gasteiger partial charge in [0.05, 0.1) is 17.6 Å². The van der Waals surface area contributed by atoms with Gasteiger partial charge in [-0.1, -0.05) is 12.1 Å². The average molecular weight is 245 g/mol. The van der Waals surface area contributed by atoms with Crippen LogP contribution in [0.2, 0.25) is 0 Å². The molecule has 1 aromatic carbocycles. The number of phenolic OH excluding ortho intramolecular Hbond substituents is 1. The Bertz CT molecular complexity index is 547. The van der Waals surface area contributed by atoms with Gasteiger partial charge in [-0.3, -0.25) is 4.79 Å². The van der Waals surface area contributed by atoms with Gasteiger partial charge in [-0.2, -0.15) is 0 Å². The highest BCUT2D eigenvalue weighted by atomic mass is 16.3. The molecule has 2 aromatic rings. The third-order valence-corrected chi connectivity index (χ3v) is 2.68. The number of nitrogens with zero attached hydrogens (tertiary/aromatic N) is 2. The number of amides is 1. The molecule has 2 N–H and O–H groups in total. The van der Waals surface area contributed by atoms with Crippen molar-refractivity contribution < 1.29 is 9.90 Å². The number of aromatic hydroxyl groups is 1. The van der Waals surface area contributed by atoms with Crippen LogP contribution in [0.3, 0.4) is 0 Å². The Morgan fingerprint density at radius 2 is 2.22 bits per heavy atom. The van der Waals surface area contributed by atoms with Crippen LogP contribution < -0.4 is 0 Å². The van der Waals surface area contributed by atoms with Crippen LogP contribution in [0.15, 0.2) is 30.7 Å². The molecule has 0 fully saturated rings. The first-order valence-electron chi connectivity index (χ1n) is 5.59. The second-order valence-corrected chi connectivity index (χ2v) is 4.25. The fourth-order valence-electron chi connectivity index (χ4n) is 1.73. The van der Waals surface area contributed by atoms with E-state index in [9.17, 15) is 9.90 Å². The highest BCUT2D eigenvalue weighted by Crippen LogP contribution is 2.25. The fourth-order valence-corrected chi connectivity index (χ4v) is 1.73. The number of hydrogen-bond acceptors (Lipinski definition) is 3. The topological polar surface area (TPSA) is 69.2 Å². The van der Waals surface area contributed by atoms with Crippen molar-refractivity contribution in [1.29, 1.82) is 0 Å². The predicted molar refractivity (Wildman–Crippen MR) is 67.5 cm³/mol. The summed E-state index contributed by atoms with van der Waals surface area (Å²) in [5, 5.41) is 10.1. The number of benzene rings is 1. The summed E-state index contributed by atoms with van der Waals surface area (Å²) in [5.41, 5.74) is 1.82. The fraction of sp³-hybridized carbons (Fsp3) is 0.231. The lowest BCUT2D eigenvalue weighted by Gasteiger charge is -2.13. The van der Waals surface area contributed by atoms with Gasteiger partial charge in [0.1, 0.15) is 5.75 Å². The van der Waals surface area contributed by atoms with Crippen molar-refractivity contribution in [3.63, 3.8) is 0 Å². The van der Waals surface area contributed by atoms with E-state index in [0.717, 1.165) is 5.69 Å². The van der Waals surface area contributed by atoms with E-state index < -0.39 is 0 Å². The minimum atomic E-state index is -0.212. The molecule has 1 heterocycles. The van der Waals surface area contributed by atoms with E-state index in [4.69, 9.17) is 0 Å².